The number of hydrogen-bond acceptors (Lipinski definition) is 3. The van der Waals surface area contributed by atoms with Crippen molar-refractivity contribution in [3.05, 3.63) is 50.8 Å². The normalized spacial score (nSPS) is 10.2. The lowest BCUT2D eigenvalue weighted by Crippen LogP contribution is -2.10. The van der Waals surface area contributed by atoms with Gasteiger partial charge in [0, 0.05) is 5.56 Å². The number of benzene rings is 1. The molecule has 4 nitrogen and oxygen atoms in total. The largest absolute Gasteiger partial charge is 0.477 e. The van der Waals surface area contributed by atoms with Gasteiger partial charge in [0.25, 0.3) is 5.91 Å². The third-order valence-corrected chi connectivity index (χ3v) is 3.96. The molecule has 1 amide bonds. The average Bonchev–Trinajstić information content (AvgIpc) is 2.81. The van der Waals surface area contributed by atoms with Gasteiger partial charge in [-0.15, -0.1) is 11.3 Å². The number of amides is 1. The molecule has 1 aromatic heterocycles. The Labute approximate surface area is 122 Å². The van der Waals surface area contributed by atoms with E-state index in [1.165, 1.54) is 30.3 Å². The maximum Gasteiger partial charge on any atom is 0.345 e. The molecule has 0 atom stereocenters. The summed E-state index contributed by atoms with van der Waals surface area (Å²) >= 11 is 12.6. The van der Waals surface area contributed by atoms with Crippen LogP contribution in [0.5, 0.6) is 0 Å². The summed E-state index contributed by atoms with van der Waals surface area (Å²) < 4.78 is 0. The summed E-state index contributed by atoms with van der Waals surface area (Å²) in [6, 6.07) is 7.47. The first kappa shape index (κ1) is 13.9. The summed E-state index contributed by atoms with van der Waals surface area (Å²) in [4.78, 5) is 22.8. The van der Waals surface area contributed by atoms with E-state index in [0.717, 1.165) is 11.3 Å². The number of nitrogens with one attached hydrogen (secondary N) is 1. The van der Waals surface area contributed by atoms with E-state index in [-0.39, 0.29) is 15.8 Å². The van der Waals surface area contributed by atoms with Gasteiger partial charge in [-0.1, -0.05) is 23.2 Å². The second kappa shape index (κ2) is 5.61. The topological polar surface area (TPSA) is 66.4 Å². The van der Waals surface area contributed by atoms with Crippen LogP contribution in [0.25, 0.3) is 0 Å². The summed E-state index contributed by atoms with van der Waals surface area (Å²) in [6.07, 6.45) is 0. The molecule has 1 heterocycles. The molecule has 0 fully saturated rings. The SMILES string of the molecule is O=C(Nc1ccc(C(=O)O)s1)c1ccc(Cl)c(Cl)c1. The molecule has 7 heteroatoms. The molecule has 0 aliphatic rings. The molecule has 19 heavy (non-hydrogen) atoms. The molecular formula is C12H7Cl2NO3S. The zero-order valence-electron chi connectivity index (χ0n) is 9.31. The zero-order chi connectivity index (χ0) is 14.0. The van der Waals surface area contributed by atoms with Crippen molar-refractivity contribution < 1.29 is 14.7 Å². The van der Waals surface area contributed by atoms with Crippen LogP contribution in [-0.2, 0) is 0 Å². The van der Waals surface area contributed by atoms with Crippen LogP contribution in [0.4, 0.5) is 5.00 Å². The highest BCUT2D eigenvalue weighted by Gasteiger charge is 2.11. The van der Waals surface area contributed by atoms with Gasteiger partial charge in [-0.3, -0.25) is 4.79 Å². The lowest BCUT2D eigenvalue weighted by Gasteiger charge is -2.03. The van der Waals surface area contributed by atoms with E-state index < -0.39 is 5.97 Å². The van der Waals surface area contributed by atoms with Gasteiger partial charge in [0.05, 0.1) is 15.0 Å². The van der Waals surface area contributed by atoms with Crippen LogP contribution in [0, 0.1) is 0 Å². The molecule has 1 aromatic carbocycles. The van der Waals surface area contributed by atoms with E-state index in [4.69, 9.17) is 28.3 Å². The number of anilines is 1. The first-order valence-corrected chi connectivity index (χ1v) is 6.64. The molecule has 98 valence electrons. The smallest absolute Gasteiger partial charge is 0.345 e. The van der Waals surface area contributed by atoms with E-state index in [9.17, 15) is 9.59 Å². The van der Waals surface area contributed by atoms with Crippen molar-refractivity contribution in [2.75, 3.05) is 5.32 Å². The van der Waals surface area contributed by atoms with Crippen LogP contribution >= 0.6 is 34.5 Å². The number of aromatic carboxylic acids is 1. The maximum absolute atomic E-state index is 11.9. The number of halogens is 2. The predicted molar refractivity (Wildman–Crippen MR) is 75.7 cm³/mol. The highest BCUT2D eigenvalue weighted by Crippen LogP contribution is 2.25. The molecule has 0 saturated carbocycles. The molecule has 2 aromatic rings. The standard InChI is InChI=1S/C12H7Cl2NO3S/c13-7-2-1-6(5-8(7)14)11(16)15-10-4-3-9(19-10)12(17)18/h1-5H,(H,15,16)(H,17,18). The Hall–Kier alpha value is -1.56. The van der Waals surface area contributed by atoms with E-state index in [0.29, 0.717) is 15.6 Å². The van der Waals surface area contributed by atoms with Crippen LogP contribution in [0.15, 0.2) is 30.3 Å². The molecule has 0 spiro atoms. The molecule has 0 aliphatic heterocycles. The Morgan fingerprint density at radius 2 is 1.84 bits per heavy atom. The fourth-order valence-electron chi connectivity index (χ4n) is 1.34. The molecule has 0 radical (unpaired) electrons. The van der Waals surface area contributed by atoms with Crippen molar-refractivity contribution in [3.63, 3.8) is 0 Å². The maximum atomic E-state index is 11.9. The van der Waals surface area contributed by atoms with Crippen LogP contribution in [0.3, 0.4) is 0 Å². The van der Waals surface area contributed by atoms with Gasteiger partial charge in [0.2, 0.25) is 0 Å². The lowest BCUT2D eigenvalue weighted by molar-refractivity contribution is 0.0702. The fraction of sp³-hybridized carbons (Fsp3) is 0. The summed E-state index contributed by atoms with van der Waals surface area (Å²) in [5, 5.41) is 12.5. The van der Waals surface area contributed by atoms with Gasteiger partial charge in [-0.2, -0.15) is 0 Å². The third kappa shape index (κ3) is 3.26. The Morgan fingerprint density at radius 3 is 2.42 bits per heavy atom. The molecule has 0 unspecified atom stereocenters. The Morgan fingerprint density at radius 1 is 1.11 bits per heavy atom. The highest BCUT2D eigenvalue weighted by molar-refractivity contribution is 7.18. The number of thiophene rings is 1. The third-order valence-electron chi connectivity index (χ3n) is 2.24. The van der Waals surface area contributed by atoms with Crippen molar-refractivity contribution >= 4 is 51.4 Å². The van der Waals surface area contributed by atoms with Gasteiger partial charge in [0.1, 0.15) is 4.88 Å². The number of carboxylic acid groups (broad SMARTS) is 1. The quantitative estimate of drug-likeness (QED) is 0.899. The molecule has 0 aliphatic carbocycles. The number of carboxylic acids is 1. The van der Waals surface area contributed by atoms with E-state index in [1.807, 2.05) is 0 Å². The van der Waals surface area contributed by atoms with Gasteiger partial charge in [-0.25, -0.2) is 4.79 Å². The van der Waals surface area contributed by atoms with Gasteiger partial charge in [-0.05, 0) is 30.3 Å². The van der Waals surface area contributed by atoms with Crippen LogP contribution < -0.4 is 5.32 Å². The van der Waals surface area contributed by atoms with Crippen LogP contribution in [0.2, 0.25) is 10.0 Å². The highest BCUT2D eigenvalue weighted by atomic mass is 35.5. The minimum absolute atomic E-state index is 0.157. The number of rotatable bonds is 3. The van der Waals surface area contributed by atoms with Crippen molar-refractivity contribution in [3.8, 4) is 0 Å². The molecule has 2 N–H and O–H groups in total. The fourth-order valence-corrected chi connectivity index (χ4v) is 2.38. The first-order valence-electron chi connectivity index (χ1n) is 5.07. The van der Waals surface area contributed by atoms with Crippen molar-refractivity contribution in [2.45, 2.75) is 0 Å². The summed E-state index contributed by atoms with van der Waals surface area (Å²) in [7, 11) is 0. The number of carbonyl (C=O) groups is 2. The van der Waals surface area contributed by atoms with Gasteiger partial charge in [0.15, 0.2) is 0 Å². The number of hydrogen-bond donors (Lipinski definition) is 2. The van der Waals surface area contributed by atoms with Gasteiger partial charge >= 0.3 is 5.97 Å². The van der Waals surface area contributed by atoms with Crippen LogP contribution in [-0.4, -0.2) is 17.0 Å². The van der Waals surface area contributed by atoms with Crippen molar-refractivity contribution in [1.82, 2.24) is 0 Å². The second-order valence-corrected chi connectivity index (χ2v) is 5.45. The molecule has 2 rings (SSSR count). The molecule has 0 saturated heterocycles. The van der Waals surface area contributed by atoms with Gasteiger partial charge < -0.3 is 10.4 Å². The van der Waals surface area contributed by atoms with E-state index in [2.05, 4.69) is 5.32 Å². The lowest BCUT2D eigenvalue weighted by atomic mass is 10.2. The summed E-state index contributed by atoms with van der Waals surface area (Å²) in [5.74, 6) is -1.41. The Kier molecular flexibility index (Phi) is 4.09. The molecular weight excluding hydrogens is 309 g/mol. The Balaban J connectivity index is 2.15. The van der Waals surface area contributed by atoms with Crippen LogP contribution in [0.1, 0.15) is 20.0 Å². The first-order chi connectivity index (χ1) is 8.97. The van der Waals surface area contributed by atoms with Crippen molar-refractivity contribution in [2.24, 2.45) is 0 Å². The summed E-state index contributed by atoms with van der Waals surface area (Å²) in [5.41, 5.74) is 0.347. The minimum atomic E-state index is -1.03. The Bertz CT molecular complexity index is 654. The number of carbonyl (C=O) groups excluding carboxylic acids is 1. The predicted octanol–water partition coefficient (Wildman–Crippen LogP) is 4.01. The summed E-state index contributed by atoms with van der Waals surface area (Å²) in [6.45, 7) is 0. The second-order valence-electron chi connectivity index (χ2n) is 3.55. The molecule has 0 bridgehead atoms. The van der Waals surface area contributed by atoms with E-state index in [1.54, 1.807) is 0 Å². The average molecular weight is 316 g/mol. The minimum Gasteiger partial charge on any atom is -0.477 e. The zero-order valence-corrected chi connectivity index (χ0v) is 11.6. The monoisotopic (exact) mass is 315 g/mol. The van der Waals surface area contributed by atoms with Crippen molar-refractivity contribution in [1.29, 1.82) is 0 Å². The van der Waals surface area contributed by atoms with E-state index >= 15 is 0 Å².